The lowest BCUT2D eigenvalue weighted by molar-refractivity contribution is -0.0934. The van der Waals surface area contributed by atoms with Gasteiger partial charge in [-0.1, -0.05) is 0 Å². The number of aromatic nitrogens is 2. The Labute approximate surface area is 154 Å². The molecule has 0 spiro atoms. The molecule has 0 amide bonds. The number of nitrogens with zero attached hydrogens (tertiary/aromatic N) is 3. The summed E-state index contributed by atoms with van der Waals surface area (Å²) in [5, 5.41) is 0. The van der Waals surface area contributed by atoms with Gasteiger partial charge in [-0.3, -0.25) is 9.47 Å². The molecule has 4 atom stereocenters. The molecule has 2 unspecified atom stereocenters. The maximum atomic E-state index is 15.1. The Morgan fingerprint density at radius 1 is 1.30 bits per heavy atom. The van der Waals surface area contributed by atoms with Crippen LogP contribution in [0.3, 0.4) is 0 Å². The molecule has 1 aromatic heterocycles. The molecular weight excluding hydrogens is 361 g/mol. The number of alkyl halides is 1. The number of imidazole rings is 1. The van der Waals surface area contributed by atoms with E-state index < -0.39 is 36.0 Å². The molecule has 27 heavy (non-hydrogen) atoms. The molecule has 6 nitrogen and oxygen atoms in total. The van der Waals surface area contributed by atoms with Gasteiger partial charge >= 0.3 is 0 Å². The number of nitrogens with two attached hydrogens (primary N) is 1. The zero-order chi connectivity index (χ0) is 19.3. The van der Waals surface area contributed by atoms with Crippen LogP contribution in [0.25, 0.3) is 0 Å². The van der Waals surface area contributed by atoms with Gasteiger partial charge in [0.1, 0.15) is 23.9 Å². The maximum Gasteiger partial charge on any atom is 0.296 e. The highest BCUT2D eigenvalue weighted by molar-refractivity contribution is 5.26. The van der Waals surface area contributed by atoms with Gasteiger partial charge in [0, 0.05) is 25.7 Å². The van der Waals surface area contributed by atoms with Crippen LogP contribution < -0.4 is 10.5 Å². The molecule has 0 aliphatic carbocycles. The quantitative estimate of drug-likeness (QED) is 0.878. The standard InChI is InChI=1S/C18H21F3N4O2/c1-24-13-7-25(6-12(13)23-18(24)26-2)14-8-27-17(16(22)15(14)21)10-5-9(19)3-4-11(10)20/h3-5,14-17H,6-8,22H2,1-2H3/t14?,15?,16-,17+/m0/s1. The summed E-state index contributed by atoms with van der Waals surface area (Å²) in [5.74, 6) is -1.28. The Kier molecular flexibility index (Phi) is 4.61. The third kappa shape index (κ3) is 2.99. The predicted molar refractivity (Wildman–Crippen MR) is 90.7 cm³/mol. The van der Waals surface area contributed by atoms with Crippen molar-refractivity contribution in [1.82, 2.24) is 14.5 Å². The van der Waals surface area contributed by atoms with Gasteiger partial charge in [0.15, 0.2) is 0 Å². The third-order valence-electron chi connectivity index (χ3n) is 5.41. The molecule has 3 heterocycles. The molecule has 2 aliphatic rings. The first-order chi connectivity index (χ1) is 12.9. The number of halogens is 3. The topological polar surface area (TPSA) is 65.5 Å². The number of rotatable bonds is 3. The molecule has 1 fully saturated rings. The Morgan fingerprint density at radius 3 is 2.78 bits per heavy atom. The summed E-state index contributed by atoms with van der Waals surface area (Å²) in [6, 6.07) is 1.82. The minimum Gasteiger partial charge on any atom is -0.468 e. The Morgan fingerprint density at radius 2 is 2.07 bits per heavy atom. The van der Waals surface area contributed by atoms with Crippen molar-refractivity contribution in [3.05, 3.63) is 46.8 Å². The van der Waals surface area contributed by atoms with Crippen molar-refractivity contribution in [1.29, 1.82) is 0 Å². The molecule has 0 radical (unpaired) electrons. The number of benzene rings is 1. The SMILES string of the molecule is COc1nc2c(n1C)CN(C1CO[C@H](c3cc(F)ccc3F)[C@@H](N)C1F)C2. The summed E-state index contributed by atoms with van der Waals surface area (Å²) < 4.78 is 55.4. The van der Waals surface area contributed by atoms with Gasteiger partial charge in [-0.05, 0) is 18.2 Å². The minimum absolute atomic E-state index is 0.0284. The number of hydrogen-bond acceptors (Lipinski definition) is 5. The van der Waals surface area contributed by atoms with Gasteiger partial charge in [0.05, 0.1) is 37.2 Å². The van der Waals surface area contributed by atoms with Crippen molar-refractivity contribution in [3.63, 3.8) is 0 Å². The normalized spacial score (nSPS) is 28.4. The average molecular weight is 382 g/mol. The molecule has 0 bridgehead atoms. The number of ether oxygens (including phenoxy) is 2. The van der Waals surface area contributed by atoms with Crippen molar-refractivity contribution in [2.45, 2.75) is 37.4 Å². The highest BCUT2D eigenvalue weighted by Crippen LogP contribution is 2.36. The van der Waals surface area contributed by atoms with E-state index in [0.717, 1.165) is 29.6 Å². The highest BCUT2D eigenvalue weighted by Gasteiger charge is 2.45. The molecule has 2 aromatic rings. The fourth-order valence-corrected chi connectivity index (χ4v) is 3.91. The molecule has 2 N–H and O–H groups in total. The summed E-state index contributed by atoms with van der Waals surface area (Å²) >= 11 is 0. The summed E-state index contributed by atoms with van der Waals surface area (Å²) in [7, 11) is 3.39. The lowest BCUT2D eigenvalue weighted by Gasteiger charge is -2.41. The van der Waals surface area contributed by atoms with E-state index in [0.29, 0.717) is 19.1 Å². The third-order valence-corrected chi connectivity index (χ3v) is 5.41. The average Bonchev–Trinajstić information content (AvgIpc) is 3.19. The van der Waals surface area contributed by atoms with Gasteiger partial charge in [-0.15, -0.1) is 0 Å². The first-order valence-corrected chi connectivity index (χ1v) is 8.69. The van der Waals surface area contributed by atoms with E-state index in [2.05, 4.69) is 4.98 Å². The van der Waals surface area contributed by atoms with Crippen molar-refractivity contribution < 1.29 is 22.6 Å². The van der Waals surface area contributed by atoms with Crippen LogP contribution in [0.2, 0.25) is 0 Å². The Hall–Kier alpha value is -2.10. The largest absolute Gasteiger partial charge is 0.468 e. The second kappa shape index (κ2) is 6.81. The van der Waals surface area contributed by atoms with Gasteiger partial charge < -0.3 is 15.2 Å². The lowest BCUT2D eigenvalue weighted by atomic mass is 9.91. The van der Waals surface area contributed by atoms with E-state index in [1.165, 1.54) is 0 Å². The number of methoxy groups -OCH3 is 1. The number of hydrogen-bond donors (Lipinski definition) is 1. The fraction of sp³-hybridized carbons (Fsp3) is 0.500. The van der Waals surface area contributed by atoms with Crippen LogP contribution in [-0.4, -0.2) is 46.4 Å². The molecule has 9 heteroatoms. The molecular formula is C18H21F3N4O2. The summed E-state index contributed by atoms with van der Waals surface area (Å²) in [6.45, 7) is 0.968. The highest BCUT2D eigenvalue weighted by atomic mass is 19.1. The zero-order valence-corrected chi connectivity index (χ0v) is 15.0. The monoisotopic (exact) mass is 382 g/mol. The lowest BCUT2D eigenvalue weighted by Crippen LogP contribution is -2.57. The van der Waals surface area contributed by atoms with Crippen LogP contribution >= 0.6 is 0 Å². The minimum atomic E-state index is -1.46. The van der Waals surface area contributed by atoms with E-state index in [-0.39, 0.29) is 12.2 Å². The van der Waals surface area contributed by atoms with Crippen molar-refractivity contribution in [2.24, 2.45) is 12.8 Å². The second-order valence-corrected chi connectivity index (χ2v) is 6.96. The van der Waals surface area contributed by atoms with Crippen LogP contribution in [0.5, 0.6) is 6.01 Å². The molecule has 2 aliphatic heterocycles. The van der Waals surface area contributed by atoms with E-state index in [1.54, 1.807) is 7.11 Å². The molecule has 1 saturated heterocycles. The van der Waals surface area contributed by atoms with Crippen LogP contribution in [0.1, 0.15) is 23.1 Å². The number of fused-ring (bicyclic) bond motifs is 1. The van der Waals surface area contributed by atoms with E-state index in [1.807, 2.05) is 16.5 Å². The maximum absolute atomic E-state index is 15.1. The van der Waals surface area contributed by atoms with Crippen LogP contribution in [0.15, 0.2) is 18.2 Å². The van der Waals surface area contributed by atoms with E-state index in [4.69, 9.17) is 15.2 Å². The summed E-state index contributed by atoms with van der Waals surface area (Å²) in [5.41, 5.74) is 7.75. The summed E-state index contributed by atoms with van der Waals surface area (Å²) in [4.78, 5) is 6.30. The van der Waals surface area contributed by atoms with Crippen LogP contribution in [-0.2, 0) is 24.9 Å². The zero-order valence-electron chi connectivity index (χ0n) is 15.0. The van der Waals surface area contributed by atoms with E-state index in [9.17, 15) is 8.78 Å². The van der Waals surface area contributed by atoms with Gasteiger partial charge in [0.2, 0.25) is 0 Å². The van der Waals surface area contributed by atoms with Gasteiger partial charge in [0.25, 0.3) is 6.01 Å². The predicted octanol–water partition coefficient (Wildman–Crippen LogP) is 1.83. The second-order valence-electron chi connectivity index (χ2n) is 6.96. The van der Waals surface area contributed by atoms with Gasteiger partial charge in [-0.2, -0.15) is 4.98 Å². The molecule has 146 valence electrons. The van der Waals surface area contributed by atoms with Gasteiger partial charge in [-0.25, -0.2) is 13.2 Å². The van der Waals surface area contributed by atoms with Crippen molar-refractivity contribution in [3.8, 4) is 6.01 Å². The molecule has 0 saturated carbocycles. The first-order valence-electron chi connectivity index (χ1n) is 8.69. The van der Waals surface area contributed by atoms with Crippen molar-refractivity contribution in [2.75, 3.05) is 13.7 Å². The summed E-state index contributed by atoms with van der Waals surface area (Å²) in [6.07, 6.45) is -2.49. The fourth-order valence-electron chi connectivity index (χ4n) is 3.91. The Balaban J connectivity index is 1.51. The molecule has 1 aromatic carbocycles. The first kappa shape index (κ1) is 18.3. The van der Waals surface area contributed by atoms with E-state index >= 15 is 4.39 Å². The van der Waals surface area contributed by atoms with Crippen molar-refractivity contribution >= 4 is 0 Å². The van der Waals surface area contributed by atoms with Crippen LogP contribution in [0, 0.1) is 11.6 Å². The molecule has 4 rings (SSSR count). The van der Waals surface area contributed by atoms with Crippen LogP contribution in [0.4, 0.5) is 13.2 Å². The Bertz CT molecular complexity index is 859. The smallest absolute Gasteiger partial charge is 0.296 e.